The maximum Gasteiger partial charge on any atom is 0.226 e. The van der Waals surface area contributed by atoms with E-state index in [1.807, 2.05) is 22.0 Å². The van der Waals surface area contributed by atoms with E-state index in [9.17, 15) is 9.18 Å². The number of nitrogens with one attached hydrogen (secondary N) is 1. The zero-order valence-electron chi connectivity index (χ0n) is 13.1. The van der Waals surface area contributed by atoms with Gasteiger partial charge in [0.2, 0.25) is 5.91 Å². The third-order valence-electron chi connectivity index (χ3n) is 3.80. The Morgan fingerprint density at radius 3 is 2.88 bits per heavy atom. The van der Waals surface area contributed by atoms with Crippen LogP contribution in [-0.4, -0.2) is 15.3 Å². The highest BCUT2D eigenvalue weighted by Gasteiger charge is 2.13. The van der Waals surface area contributed by atoms with Crippen molar-refractivity contribution in [1.29, 1.82) is 0 Å². The van der Waals surface area contributed by atoms with Gasteiger partial charge in [-0.05, 0) is 36.4 Å². The molecule has 0 fully saturated rings. The number of hydrogen-bond acceptors (Lipinski definition) is 4. The maximum absolute atomic E-state index is 13.1. The number of furan rings is 1. The molecule has 0 spiro atoms. The Morgan fingerprint density at radius 1 is 1.28 bits per heavy atom. The van der Waals surface area contributed by atoms with Gasteiger partial charge in [0.25, 0.3) is 0 Å². The van der Waals surface area contributed by atoms with Crippen LogP contribution in [0.25, 0.3) is 16.2 Å². The Kier molecular flexibility index (Phi) is 4.07. The van der Waals surface area contributed by atoms with E-state index in [-0.39, 0.29) is 18.1 Å². The molecular formula is C18H14FN3O2S. The lowest BCUT2D eigenvalue weighted by molar-refractivity contribution is -0.120. The Bertz CT molecular complexity index is 1000. The molecule has 1 N–H and O–H groups in total. The molecule has 0 unspecified atom stereocenters. The van der Waals surface area contributed by atoms with Gasteiger partial charge in [0.1, 0.15) is 11.6 Å². The number of benzene rings is 1. The lowest BCUT2D eigenvalue weighted by Gasteiger charge is -2.02. The van der Waals surface area contributed by atoms with Crippen molar-refractivity contribution in [2.24, 2.45) is 0 Å². The molecule has 0 saturated heterocycles. The summed E-state index contributed by atoms with van der Waals surface area (Å²) in [6.45, 7) is 0.365. The third kappa shape index (κ3) is 3.32. The summed E-state index contributed by atoms with van der Waals surface area (Å²) in [5.41, 5.74) is 2.45. The fourth-order valence-electron chi connectivity index (χ4n) is 2.54. The molecular weight excluding hydrogens is 341 g/mol. The third-order valence-corrected chi connectivity index (χ3v) is 4.69. The number of halogens is 1. The van der Waals surface area contributed by atoms with Crippen molar-refractivity contribution >= 4 is 22.2 Å². The van der Waals surface area contributed by atoms with Gasteiger partial charge in [0.05, 0.1) is 24.9 Å². The van der Waals surface area contributed by atoms with E-state index >= 15 is 0 Å². The van der Waals surface area contributed by atoms with Gasteiger partial charge in [-0.3, -0.25) is 9.20 Å². The number of imidazole rings is 1. The molecule has 0 aliphatic heterocycles. The molecule has 126 valence electrons. The van der Waals surface area contributed by atoms with Gasteiger partial charge in [-0.25, -0.2) is 9.37 Å². The van der Waals surface area contributed by atoms with Crippen LogP contribution in [0.1, 0.15) is 11.5 Å². The number of rotatable bonds is 5. The van der Waals surface area contributed by atoms with Gasteiger partial charge in [-0.2, -0.15) is 0 Å². The molecule has 7 heteroatoms. The second kappa shape index (κ2) is 6.52. The number of thiazole rings is 1. The molecule has 0 aliphatic rings. The zero-order valence-corrected chi connectivity index (χ0v) is 13.9. The van der Waals surface area contributed by atoms with Crippen molar-refractivity contribution in [3.8, 4) is 11.3 Å². The van der Waals surface area contributed by atoms with E-state index in [2.05, 4.69) is 10.3 Å². The highest BCUT2D eigenvalue weighted by atomic mass is 32.1. The van der Waals surface area contributed by atoms with Crippen LogP contribution in [-0.2, 0) is 17.8 Å². The smallest absolute Gasteiger partial charge is 0.226 e. The predicted molar refractivity (Wildman–Crippen MR) is 92.7 cm³/mol. The maximum atomic E-state index is 13.1. The number of amides is 1. The molecule has 1 amide bonds. The average molecular weight is 355 g/mol. The first-order chi connectivity index (χ1) is 12.2. The van der Waals surface area contributed by atoms with Crippen molar-refractivity contribution in [1.82, 2.24) is 14.7 Å². The summed E-state index contributed by atoms with van der Waals surface area (Å²) in [4.78, 5) is 17.5. The fraction of sp³-hybridized carbons (Fsp3) is 0.111. The van der Waals surface area contributed by atoms with E-state index in [0.29, 0.717) is 12.3 Å². The van der Waals surface area contributed by atoms with Crippen molar-refractivity contribution in [2.45, 2.75) is 13.0 Å². The Labute approximate surface area is 146 Å². The van der Waals surface area contributed by atoms with Gasteiger partial charge in [0, 0.05) is 22.8 Å². The molecule has 4 aromatic rings. The topological polar surface area (TPSA) is 59.5 Å². The predicted octanol–water partition coefficient (Wildman–Crippen LogP) is 3.65. The standard InChI is InChI=1S/C18H14FN3O2S/c19-13-5-3-12(4-6-13)16-10-22-14(11-25-18(22)21-16)8-17(23)20-9-15-2-1-7-24-15/h1-7,10-11H,8-9H2,(H,20,23). The normalized spacial score (nSPS) is 11.1. The summed E-state index contributed by atoms with van der Waals surface area (Å²) >= 11 is 1.47. The monoisotopic (exact) mass is 355 g/mol. The van der Waals surface area contributed by atoms with E-state index in [1.54, 1.807) is 24.5 Å². The molecule has 4 rings (SSSR count). The summed E-state index contributed by atoms with van der Waals surface area (Å²) < 4.78 is 20.1. The van der Waals surface area contributed by atoms with Crippen LogP contribution >= 0.6 is 11.3 Å². The minimum atomic E-state index is -0.279. The van der Waals surface area contributed by atoms with E-state index in [4.69, 9.17) is 4.42 Å². The fourth-order valence-corrected chi connectivity index (χ4v) is 3.42. The molecule has 5 nitrogen and oxygen atoms in total. The van der Waals surface area contributed by atoms with Gasteiger partial charge in [-0.1, -0.05) is 0 Å². The average Bonchev–Trinajstić information content (AvgIpc) is 3.32. The first-order valence-electron chi connectivity index (χ1n) is 7.69. The van der Waals surface area contributed by atoms with Gasteiger partial charge >= 0.3 is 0 Å². The summed E-state index contributed by atoms with van der Waals surface area (Å²) in [6, 6.07) is 9.80. The minimum Gasteiger partial charge on any atom is -0.467 e. The van der Waals surface area contributed by atoms with Crippen molar-refractivity contribution in [3.05, 3.63) is 71.5 Å². The quantitative estimate of drug-likeness (QED) is 0.594. The molecule has 1 aromatic carbocycles. The summed E-state index contributed by atoms with van der Waals surface area (Å²) in [6.07, 6.45) is 3.69. The second-order valence-electron chi connectivity index (χ2n) is 5.55. The second-order valence-corrected chi connectivity index (χ2v) is 6.38. The molecule has 0 saturated carbocycles. The van der Waals surface area contributed by atoms with E-state index in [1.165, 1.54) is 23.5 Å². The first-order valence-corrected chi connectivity index (χ1v) is 8.57. The number of aromatic nitrogens is 2. The van der Waals surface area contributed by atoms with E-state index < -0.39 is 0 Å². The van der Waals surface area contributed by atoms with Crippen molar-refractivity contribution in [2.75, 3.05) is 0 Å². The summed E-state index contributed by atoms with van der Waals surface area (Å²) in [7, 11) is 0. The molecule has 0 radical (unpaired) electrons. The molecule has 0 atom stereocenters. The van der Waals surface area contributed by atoms with Crippen LogP contribution < -0.4 is 5.32 Å². The number of fused-ring (bicyclic) bond motifs is 1. The van der Waals surface area contributed by atoms with Crippen LogP contribution in [0.5, 0.6) is 0 Å². The minimum absolute atomic E-state index is 0.0897. The summed E-state index contributed by atoms with van der Waals surface area (Å²) in [5.74, 6) is 0.344. The molecule has 0 aliphatic carbocycles. The molecule has 25 heavy (non-hydrogen) atoms. The van der Waals surface area contributed by atoms with Gasteiger partial charge < -0.3 is 9.73 Å². The molecule has 3 aromatic heterocycles. The number of nitrogens with zero attached hydrogens (tertiary/aromatic N) is 2. The highest BCUT2D eigenvalue weighted by Crippen LogP contribution is 2.24. The highest BCUT2D eigenvalue weighted by molar-refractivity contribution is 7.15. The van der Waals surface area contributed by atoms with Crippen LogP contribution in [0, 0.1) is 5.82 Å². The van der Waals surface area contributed by atoms with Crippen LogP contribution in [0.3, 0.4) is 0 Å². The lowest BCUT2D eigenvalue weighted by Crippen LogP contribution is -2.24. The Balaban J connectivity index is 1.50. The van der Waals surface area contributed by atoms with Gasteiger partial charge in [-0.15, -0.1) is 11.3 Å². The lowest BCUT2D eigenvalue weighted by atomic mass is 10.2. The first kappa shape index (κ1) is 15.6. The Morgan fingerprint density at radius 2 is 2.12 bits per heavy atom. The molecule has 0 bridgehead atoms. The van der Waals surface area contributed by atoms with Crippen LogP contribution in [0.2, 0.25) is 0 Å². The number of hydrogen-bond donors (Lipinski definition) is 1. The van der Waals surface area contributed by atoms with Crippen molar-refractivity contribution < 1.29 is 13.6 Å². The van der Waals surface area contributed by atoms with E-state index in [0.717, 1.165) is 21.9 Å². The zero-order chi connectivity index (χ0) is 17.2. The molecule has 3 heterocycles. The van der Waals surface area contributed by atoms with Gasteiger partial charge in [0.15, 0.2) is 4.96 Å². The van der Waals surface area contributed by atoms with Crippen LogP contribution in [0.4, 0.5) is 4.39 Å². The van der Waals surface area contributed by atoms with Crippen LogP contribution in [0.15, 0.2) is 58.7 Å². The SMILES string of the molecule is O=C(Cc1csc2nc(-c3ccc(F)cc3)cn12)NCc1ccco1. The summed E-state index contributed by atoms with van der Waals surface area (Å²) in [5, 5.41) is 4.75. The number of carbonyl (C=O) groups is 1. The van der Waals surface area contributed by atoms with Crippen molar-refractivity contribution in [3.63, 3.8) is 0 Å². The largest absolute Gasteiger partial charge is 0.467 e. The Hall–Kier alpha value is -2.93. The number of carbonyl (C=O) groups excluding carboxylic acids is 1.